The molecule has 1 unspecified atom stereocenters. The number of aliphatic hydroxyl groups is 2. The van der Waals surface area contributed by atoms with E-state index in [2.05, 4.69) is 48.3 Å². The van der Waals surface area contributed by atoms with E-state index in [-0.39, 0.29) is 11.0 Å². The van der Waals surface area contributed by atoms with Crippen molar-refractivity contribution in [3.8, 4) is 0 Å². The second kappa shape index (κ2) is 6.54. The first-order chi connectivity index (χ1) is 15.9. The van der Waals surface area contributed by atoms with Crippen molar-refractivity contribution in [2.24, 2.45) is 17.1 Å². The van der Waals surface area contributed by atoms with E-state index in [0.717, 1.165) is 37.7 Å². The summed E-state index contributed by atoms with van der Waals surface area (Å²) in [5, 5.41) is 23.7. The molecule has 2 bridgehead atoms. The monoisotopic (exact) mass is 444 g/mol. The quantitative estimate of drug-likeness (QED) is 0.624. The van der Waals surface area contributed by atoms with Gasteiger partial charge in [0.05, 0.1) is 17.3 Å². The molecule has 2 spiro atoms. The molecule has 3 heterocycles. The van der Waals surface area contributed by atoms with Crippen molar-refractivity contribution in [3.63, 3.8) is 0 Å². The van der Waals surface area contributed by atoms with Crippen LogP contribution in [0.2, 0.25) is 0 Å². The molecule has 5 aliphatic rings. The summed E-state index contributed by atoms with van der Waals surface area (Å²) in [6, 6.07) is 8.50. The number of ether oxygens (including phenoxy) is 1. The highest BCUT2D eigenvalue weighted by molar-refractivity contribution is 5.82. The number of aliphatic hydroxyl groups excluding tert-OH is 2. The highest BCUT2D eigenvalue weighted by Gasteiger charge is 2.67. The zero-order valence-electron chi connectivity index (χ0n) is 19.1. The number of nitrogens with two attached hydrogens (primary N) is 1. The standard InChI is InChI=1S/C28H32N2O3/c1-26-8-6-19-13-21-24(31)25(32)22(29)14-27(21)9-10-28(19,33-27)23(26)5-4-20(26)17-3-2-16-7-11-30-15-18(16)12-17/h2-3,6-7,11-13,15,20,22-25,31-32H,4-5,8-10,14,29H2,1H3/t20-,22+,23-,24-,25-,26-,27-,28?/m1/s1. The van der Waals surface area contributed by atoms with E-state index in [9.17, 15) is 10.2 Å². The van der Waals surface area contributed by atoms with Crippen LogP contribution >= 0.6 is 0 Å². The molecule has 7 rings (SSSR count). The lowest BCUT2D eigenvalue weighted by molar-refractivity contribution is -0.155. The number of pyridine rings is 1. The minimum absolute atomic E-state index is 0.116. The Balaban J connectivity index is 1.31. The first-order valence-electron chi connectivity index (χ1n) is 12.4. The lowest BCUT2D eigenvalue weighted by atomic mass is 9.58. The second-order valence-corrected chi connectivity index (χ2v) is 11.4. The summed E-state index contributed by atoms with van der Waals surface area (Å²) in [5.74, 6) is 0.905. The van der Waals surface area contributed by atoms with Crippen LogP contribution < -0.4 is 5.73 Å². The number of aromatic nitrogens is 1. The fourth-order valence-corrected chi connectivity index (χ4v) is 8.36. The maximum absolute atomic E-state index is 10.9. The van der Waals surface area contributed by atoms with Crippen LogP contribution in [0.5, 0.6) is 0 Å². The Kier molecular flexibility index (Phi) is 4.03. The molecule has 1 aromatic heterocycles. The van der Waals surface area contributed by atoms with Gasteiger partial charge >= 0.3 is 0 Å². The van der Waals surface area contributed by atoms with Crippen LogP contribution in [0.3, 0.4) is 0 Å². The molecular weight excluding hydrogens is 412 g/mol. The van der Waals surface area contributed by atoms with Gasteiger partial charge in [0, 0.05) is 23.8 Å². The fourth-order valence-electron chi connectivity index (χ4n) is 8.36. The van der Waals surface area contributed by atoms with Gasteiger partial charge in [0.15, 0.2) is 0 Å². The van der Waals surface area contributed by atoms with E-state index >= 15 is 0 Å². The molecular formula is C28H32N2O3. The number of allylic oxidation sites excluding steroid dienone is 1. The van der Waals surface area contributed by atoms with Gasteiger partial charge in [-0.15, -0.1) is 0 Å². The zero-order valence-corrected chi connectivity index (χ0v) is 19.1. The maximum atomic E-state index is 10.9. The van der Waals surface area contributed by atoms with E-state index in [4.69, 9.17) is 10.5 Å². The molecule has 2 aromatic rings. The summed E-state index contributed by atoms with van der Waals surface area (Å²) >= 11 is 0. The molecule has 2 saturated carbocycles. The molecule has 3 aliphatic carbocycles. The summed E-state index contributed by atoms with van der Waals surface area (Å²) in [6.45, 7) is 2.46. The van der Waals surface area contributed by atoms with Crippen LogP contribution in [0.25, 0.3) is 10.8 Å². The minimum Gasteiger partial charge on any atom is -0.388 e. The number of benzene rings is 1. The zero-order chi connectivity index (χ0) is 22.6. The molecule has 4 N–H and O–H groups in total. The number of nitrogens with zero attached hydrogens (tertiary/aromatic N) is 1. The minimum atomic E-state index is -0.943. The molecule has 5 nitrogen and oxygen atoms in total. The average molecular weight is 445 g/mol. The molecule has 0 radical (unpaired) electrons. The molecule has 5 heteroatoms. The predicted octanol–water partition coefficient (Wildman–Crippen LogP) is 3.75. The Morgan fingerprint density at radius 3 is 2.88 bits per heavy atom. The van der Waals surface area contributed by atoms with Crippen LogP contribution in [-0.2, 0) is 4.74 Å². The van der Waals surface area contributed by atoms with Gasteiger partial charge in [0.25, 0.3) is 0 Å². The Morgan fingerprint density at radius 1 is 1.12 bits per heavy atom. The third-order valence-corrected chi connectivity index (χ3v) is 9.98. The summed E-state index contributed by atoms with van der Waals surface area (Å²) in [6.07, 6.45) is 12.2. The number of hydrogen-bond acceptors (Lipinski definition) is 5. The summed E-state index contributed by atoms with van der Waals surface area (Å²) in [7, 11) is 0. The number of rotatable bonds is 1. The third kappa shape index (κ3) is 2.49. The molecule has 0 amide bonds. The van der Waals surface area contributed by atoms with Gasteiger partial charge in [-0.1, -0.05) is 31.2 Å². The number of fused-ring (bicyclic) bond motifs is 2. The van der Waals surface area contributed by atoms with Gasteiger partial charge in [-0.2, -0.15) is 0 Å². The first-order valence-corrected chi connectivity index (χ1v) is 12.4. The smallest absolute Gasteiger partial charge is 0.105 e. The molecule has 1 saturated heterocycles. The van der Waals surface area contributed by atoms with Crippen molar-refractivity contribution >= 4 is 10.8 Å². The highest BCUT2D eigenvalue weighted by atomic mass is 16.5. The molecule has 8 atom stereocenters. The fraction of sp³-hybridized carbons (Fsp3) is 0.536. The topological polar surface area (TPSA) is 88.6 Å². The van der Waals surface area contributed by atoms with Gasteiger partial charge in [-0.3, -0.25) is 4.98 Å². The van der Waals surface area contributed by atoms with Crippen LogP contribution in [0.4, 0.5) is 0 Å². The normalized spacial score (nSPS) is 45.8. The van der Waals surface area contributed by atoms with E-state index in [1.54, 1.807) is 0 Å². The summed E-state index contributed by atoms with van der Waals surface area (Å²) < 4.78 is 7.11. The van der Waals surface area contributed by atoms with Crippen molar-refractivity contribution in [1.82, 2.24) is 4.98 Å². The summed E-state index contributed by atoms with van der Waals surface area (Å²) in [5.41, 5.74) is 9.02. The van der Waals surface area contributed by atoms with Crippen molar-refractivity contribution in [1.29, 1.82) is 0 Å². The number of hydrogen-bond donors (Lipinski definition) is 3. The Labute approximate surface area is 194 Å². The van der Waals surface area contributed by atoms with Crippen LogP contribution in [0.15, 0.2) is 60.0 Å². The molecule has 3 fully saturated rings. The van der Waals surface area contributed by atoms with Crippen molar-refractivity contribution in [2.75, 3.05) is 0 Å². The first kappa shape index (κ1) is 20.3. The van der Waals surface area contributed by atoms with Crippen molar-refractivity contribution in [3.05, 3.63) is 65.5 Å². The van der Waals surface area contributed by atoms with Crippen LogP contribution in [-0.4, -0.2) is 44.6 Å². The second-order valence-electron chi connectivity index (χ2n) is 11.4. The van der Waals surface area contributed by atoms with E-state index in [1.165, 1.54) is 21.9 Å². The predicted molar refractivity (Wildman–Crippen MR) is 126 cm³/mol. The Bertz CT molecular complexity index is 1220. The van der Waals surface area contributed by atoms with Crippen molar-refractivity contribution in [2.45, 2.75) is 80.8 Å². The van der Waals surface area contributed by atoms with Crippen LogP contribution in [0.1, 0.15) is 56.9 Å². The SMILES string of the molecule is C[C@]12CC=C3C=C4[C@@H](O)[C@H](O)[C@@H](N)C[C@]45CCC3(O5)[C@@H]1CC[C@@H]2c1ccc2ccncc2c1. The van der Waals surface area contributed by atoms with Gasteiger partial charge in [0.1, 0.15) is 6.10 Å². The lowest BCUT2D eigenvalue weighted by Gasteiger charge is -2.55. The molecule has 2 aliphatic heterocycles. The largest absolute Gasteiger partial charge is 0.388 e. The van der Waals surface area contributed by atoms with Gasteiger partial charge in [-0.05, 0) is 90.0 Å². The van der Waals surface area contributed by atoms with Gasteiger partial charge in [-0.25, -0.2) is 0 Å². The maximum Gasteiger partial charge on any atom is 0.105 e. The van der Waals surface area contributed by atoms with E-state index in [1.807, 2.05) is 12.4 Å². The van der Waals surface area contributed by atoms with Gasteiger partial charge in [0.2, 0.25) is 0 Å². The van der Waals surface area contributed by atoms with E-state index < -0.39 is 23.9 Å². The van der Waals surface area contributed by atoms with Crippen molar-refractivity contribution < 1.29 is 14.9 Å². The molecule has 33 heavy (non-hydrogen) atoms. The van der Waals surface area contributed by atoms with Gasteiger partial charge < -0.3 is 20.7 Å². The average Bonchev–Trinajstić information content (AvgIpc) is 3.33. The van der Waals surface area contributed by atoms with E-state index in [0.29, 0.717) is 18.3 Å². The third-order valence-electron chi connectivity index (χ3n) is 9.98. The lowest BCUT2D eigenvalue weighted by Crippen LogP contribution is -2.61. The highest BCUT2D eigenvalue weighted by Crippen LogP contribution is 2.69. The summed E-state index contributed by atoms with van der Waals surface area (Å²) in [4.78, 5) is 4.33. The Hall–Kier alpha value is -2.05. The molecule has 172 valence electrons. The van der Waals surface area contributed by atoms with Crippen LogP contribution in [0, 0.1) is 11.3 Å². The molecule has 1 aromatic carbocycles. The Morgan fingerprint density at radius 2 is 2.00 bits per heavy atom.